The Morgan fingerprint density at radius 3 is 2.89 bits per heavy atom. The number of hydrogen-bond donors (Lipinski definition) is 1. The van der Waals surface area contributed by atoms with Gasteiger partial charge in [0.2, 0.25) is 0 Å². The van der Waals surface area contributed by atoms with E-state index in [4.69, 9.17) is 4.74 Å². The van der Waals surface area contributed by atoms with Crippen LogP contribution < -0.4 is 0 Å². The van der Waals surface area contributed by atoms with Crippen molar-refractivity contribution < 1.29 is 14.6 Å². The van der Waals surface area contributed by atoms with E-state index in [-0.39, 0.29) is 5.97 Å². The normalized spacial score (nSPS) is 24.2. The smallest absolute Gasteiger partial charge is 0.311 e. The minimum Gasteiger partial charge on any atom is -0.469 e. The largest absolute Gasteiger partial charge is 0.469 e. The molecule has 0 aliphatic heterocycles. The highest BCUT2D eigenvalue weighted by atomic mass is 16.5. The van der Waals surface area contributed by atoms with Gasteiger partial charge in [0.25, 0.3) is 0 Å². The van der Waals surface area contributed by atoms with Gasteiger partial charge in [-0.1, -0.05) is 31.2 Å². The summed E-state index contributed by atoms with van der Waals surface area (Å²) in [5.74, 6) is -0.805. The fourth-order valence-electron chi connectivity index (χ4n) is 3.05. The van der Waals surface area contributed by atoms with Crippen LogP contribution in [-0.2, 0) is 21.6 Å². The highest BCUT2D eigenvalue weighted by Gasteiger charge is 2.44. The van der Waals surface area contributed by atoms with Crippen molar-refractivity contribution in [1.82, 2.24) is 0 Å². The molecule has 0 amide bonds. The van der Waals surface area contributed by atoms with Gasteiger partial charge in [0, 0.05) is 0 Å². The van der Waals surface area contributed by atoms with Gasteiger partial charge in [-0.2, -0.15) is 0 Å². The number of methoxy groups -OCH3 is 1. The Kier molecular flexibility index (Phi) is 3.71. The van der Waals surface area contributed by atoms with E-state index in [1.165, 1.54) is 7.11 Å². The molecular weight excluding hydrogens is 228 g/mol. The van der Waals surface area contributed by atoms with E-state index in [1.807, 2.05) is 31.2 Å². The summed E-state index contributed by atoms with van der Waals surface area (Å²) in [5, 5.41) is 11.0. The van der Waals surface area contributed by atoms with Gasteiger partial charge in [0.05, 0.1) is 13.0 Å². The van der Waals surface area contributed by atoms with E-state index in [0.717, 1.165) is 24.0 Å². The lowest BCUT2D eigenvalue weighted by molar-refractivity contribution is -0.158. The summed E-state index contributed by atoms with van der Waals surface area (Å²) < 4.78 is 4.84. The fraction of sp³-hybridized carbons (Fsp3) is 0.533. The zero-order chi connectivity index (χ0) is 13.2. The summed E-state index contributed by atoms with van der Waals surface area (Å²) in [7, 11) is 1.38. The molecule has 0 spiro atoms. The second kappa shape index (κ2) is 5.11. The van der Waals surface area contributed by atoms with E-state index in [2.05, 4.69) is 0 Å². The second-order valence-electron chi connectivity index (χ2n) is 4.92. The summed E-state index contributed by atoms with van der Waals surface area (Å²) in [6, 6.07) is 7.85. The first-order chi connectivity index (χ1) is 8.63. The Morgan fingerprint density at radius 1 is 1.50 bits per heavy atom. The summed E-state index contributed by atoms with van der Waals surface area (Å²) >= 11 is 0. The van der Waals surface area contributed by atoms with Crippen molar-refractivity contribution in [1.29, 1.82) is 0 Å². The molecular formula is C15H20O3. The first-order valence-corrected chi connectivity index (χ1v) is 6.52. The van der Waals surface area contributed by atoms with E-state index >= 15 is 0 Å². The predicted molar refractivity (Wildman–Crippen MR) is 69.1 cm³/mol. The maximum atomic E-state index is 11.9. The van der Waals surface area contributed by atoms with Crippen molar-refractivity contribution in [3.63, 3.8) is 0 Å². The fourth-order valence-corrected chi connectivity index (χ4v) is 3.05. The highest BCUT2D eigenvalue weighted by Crippen LogP contribution is 2.42. The number of carbonyl (C=O) groups is 1. The van der Waals surface area contributed by atoms with E-state index in [1.54, 1.807) is 0 Å². The van der Waals surface area contributed by atoms with Crippen LogP contribution in [0.2, 0.25) is 0 Å². The number of fused-ring (bicyclic) bond motifs is 1. The lowest BCUT2D eigenvalue weighted by atomic mass is 9.71. The summed E-state index contributed by atoms with van der Waals surface area (Å²) in [6.45, 7) is 1.91. The second-order valence-corrected chi connectivity index (χ2v) is 4.92. The monoisotopic (exact) mass is 248 g/mol. The molecule has 98 valence electrons. The number of aliphatic hydroxyl groups is 1. The van der Waals surface area contributed by atoms with Crippen LogP contribution >= 0.6 is 0 Å². The van der Waals surface area contributed by atoms with E-state index in [0.29, 0.717) is 12.8 Å². The number of carbonyl (C=O) groups excluding carboxylic acids is 1. The average molecular weight is 248 g/mol. The molecule has 1 N–H and O–H groups in total. The van der Waals surface area contributed by atoms with Crippen molar-refractivity contribution in [2.24, 2.45) is 5.92 Å². The Morgan fingerprint density at radius 2 is 2.22 bits per heavy atom. The van der Waals surface area contributed by atoms with Gasteiger partial charge in [-0.25, -0.2) is 0 Å². The predicted octanol–water partition coefficient (Wildman–Crippen LogP) is 2.41. The minimum absolute atomic E-state index is 0.322. The SMILES string of the molecule is CCC(C(=O)OC)C1(O)CCCc2ccccc21. The maximum absolute atomic E-state index is 11.9. The Bertz CT molecular complexity index is 441. The molecule has 18 heavy (non-hydrogen) atoms. The molecule has 0 heterocycles. The number of benzene rings is 1. The standard InChI is InChI=1S/C15H20O3/c1-3-12(14(16)18-2)15(17)10-6-8-11-7-4-5-9-13(11)15/h4-5,7,9,12,17H,3,6,8,10H2,1-2H3. The van der Waals surface area contributed by atoms with E-state index < -0.39 is 11.5 Å². The van der Waals surface area contributed by atoms with Crippen LogP contribution in [0.15, 0.2) is 24.3 Å². The molecule has 2 rings (SSSR count). The van der Waals surface area contributed by atoms with Crippen LogP contribution in [0.3, 0.4) is 0 Å². The quantitative estimate of drug-likeness (QED) is 0.836. The molecule has 0 radical (unpaired) electrons. The molecule has 0 saturated carbocycles. The number of aryl methyl sites for hydroxylation is 1. The summed E-state index contributed by atoms with van der Waals surface area (Å²) in [6.07, 6.45) is 3.08. The van der Waals surface area contributed by atoms with Gasteiger partial charge < -0.3 is 9.84 Å². The first-order valence-electron chi connectivity index (χ1n) is 6.52. The lowest BCUT2D eigenvalue weighted by Crippen LogP contribution is -2.42. The molecule has 1 aromatic rings. The van der Waals surface area contributed by atoms with Gasteiger partial charge in [-0.15, -0.1) is 0 Å². The molecule has 1 aromatic carbocycles. The zero-order valence-corrected chi connectivity index (χ0v) is 11.0. The van der Waals surface area contributed by atoms with Crippen LogP contribution in [-0.4, -0.2) is 18.2 Å². The van der Waals surface area contributed by atoms with Crippen LogP contribution in [0.25, 0.3) is 0 Å². The van der Waals surface area contributed by atoms with Gasteiger partial charge in [0.15, 0.2) is 0 Å². The molecule has 3 nitrogen and oxygen atoms in total. The highest BCUT2D eigenvalue weighted by molar-refractivity contribution is 5.74. The number of ether oxygens (including phenoxy) is 1. The van der Waals surface area contributed by atoms with E-state index in [9.17, 15) is 9.90 Å². The Balaban J connectivity index is 2.45. The minimum atomic E-state index is -1.07. The van der Waals surface area contributed by atoms with Crippen molar-refractivity contribution >= 4 is 5.97 Å². The van der Waals surface area contributed by atoms with Gasteiger partial charge >= 0.3 is 5.97 Å². The molecule has 3 heteroatoms. The average Bonchev–Trinajstić information content (AvgIpc) is 2.40. The molecule has 0 aromatic heterocycles. The zero-order valence-electron chi connectivity index (χ0n) is 11.0. The van der Waals surface area contributed by atoms with Crippen molar-refractivity contribution in [2.45, 2.75) is 38.2 Å². The third kappa shape index (κ3) is 2.03. The van der Waals surface area contributed by atoms with Gasteiger partial charge in [0.1, 0.15) is 5.60 Å². The van der Waals surface area contributed by atoms with Crippen LogP contribution in [0.1, 0.15) is 37.3 Å². The molecule has 1 aliphatic rings. The van der Waals surface area contributed by atoms with Crippen molar-refractivity contribution in [2.75, 3.05) is 7.11 Å². The number of hydrogen-bond acceptors (Lipinski definition) is 3. The maximum Gasteiger partial charge on any atom is 0.311 e. The Labute approximate surface area is 108 Å². The number of rotatable bonds is 3. The summed E-state index contributed by atoms with van der Waals surface area (Å²) in [4.78, 5) is 11.9. The Hall–Kier alpha value is -1.35. The van der Waals surface area contributed by atoms with Gasteiger partial charge in [-0.3, -0.25) is 4.79 Å². The van der Waals surface area contributed by atoms with Crippen LogP contribution in [0.5, 0.6) is 0 Å². The van der Waals surface area contributed by atoms with Crippen LogP contribution in [0.4, 0.5) is 0 Å². The van der Waals surface area contributed by atoms with Crippen molar-refractivity contribution in [3.8, 4) is 0 Å². The molecule has 2 unspecified atom stereocenters. The van der Waals surface area contributed by atoms with Gasteiger partial charge in [-0.05, 0) is 36.8 Å². The van der Waals surface area contributed by atoms with Crippen molar-refractivity contribution in [3.05, 3.63) is 35.4 Å². The lowest BCUT2D eigenvalue weighted by Gasteiger charge is -2.39. The first kappa shape index (κ1) is 13.1. The molecule has 0 saturated heterocycles. The molecule has 1 aliphatic carbocycles. The topological polar surface area (TPSA) is 46.5 Å². The molecule has 0 fully saturated rings. The summed E-state index contributed by atoms with van der Waals surface area (Å²) in [5.41, 5.74) is 0.971. The molecule has 2 atom stereocenters. The third-order valence-corrected chi connectivity index (χ3v) is 3.96. The molecule has 0 bridgehead atoms. The van der Waals surface area contributed by atoms with Crippen LogP contribution in [0, 0.1) is 5.92 Å². The number of esters is 1. The third-order valence-electron chi connectivity index (χ3n) is 3.96.